The van der Waals surface area contributed by atoms with E-state index in [0.29, 0.717) is 6.54 Å². The van der Waals surface area contributed by atoms with Crippen LogP contribution in [0.1, 0.15) is 18.3 Å². The monoisotopic (exact) mass is 186 g/mol. The van der Waals surface area contributed by atoms with E-state index in [1.165, 1.54) is 0 Å². The molecule has 1 heterocycles. The van der Waals surface area contributed by atoms with Crippen molar-refractivity contribution in [3.05, 3.63) is 26.9 Å². The summed E-state index contributed by atoms with van der Waals surface area (Å²) in [6, 6.07) is 0. The number of halogens is 1. The van der Waals surface area contributed by atoms with E-state index >= 15 is 0 Å². The van der Waals surface area contributed by atoms with Crippen molar-refractivity contribution in [3.63, 3.8) is 0 Å². The third-order valence-electron chi connectivity index (χ3n) is 1.93. The molecule has 0 atom stereocenters. The van der Waals surface area contributed by atoms with Gasteiger partial charge in [0.1, 0.15) is 0 Å². The van der Waals surface area contributed by atoms with Gasteiger partial charge in [-0.25, -0.2) is 4.98 Å². The molecule has 1 aromatic heterocycles. The second-order valence-corrected chi connectivity index (χ2v) is 2.98. The summed E-state index contributed by atoms with van der Waals surface area (Å²) in [6.07, 6.45) is 0. The fourth-order valence-corrected chi connectivity index (χ4v) is 1.34. The Bertz CT molecular complexity index is 357. The van der Waals surface area contributed by atoms with Gasteiger partial charge in [0.25, 0.3) is 5.56 Å². The van der Waals surface area contributed by atoms with Crippen molar-refractivity contribution in [2.75, 3.05) is 0 Å². The lowest BCUT2D eigenvalue weighted by molar-refractivity contribution is 0.682. The van der Waals surface area contributed by atoms with Crippen molar-refractivity contribution in [3.8, 4) is 0 Å². The van der Waals surface area contributed by atoms with E-state index in [1.807, 2.05) is 20.8 Å². The number of aryl methyl sites for hydroxylation is 1. The van der Waals surface area contributed by atoms with Crippen LogP contribution in [-0.2, 0) is 6.54 Å². The summed E-state index contributed by atoms with van der Waals surface area (Å²) < 4.78 is 1.62. The first-order valence-electron chi connectivity index (χ1n) is 3.81. The zero-order chi connectivity index (χ0) is 9.30. The van der Waals surface area contributed by atoms with E-state index in [4.69, 9.17) is 11.6 Å². The van der Waals surface area contributed by atoms with Gasteiger partial charge in [-0.15, -0.1) is 0 Å². The van der Waals surface area contributed by atoms with Gasteiger partial charge in [-0.1, -0.05) is 11.6 Å². The van der Waals surface area contributed by atoms with Crippen molar-refractivity contribution >= 4 is 11.6 Å². The molecular weight excluding hydrogens is 176 g/mol. The summed E-state index contributed by atoms with van der Waals surface area (Å²) in [5.74, 6) is 0. The number of rotatable bonds is 1. The number of hydrogen-bond donors (Lipinski definition) is 0. The van der Waals surface area contributed by atoms with Crippen molar-refractivity contribution < 1.29 is 0 Å². The van der Waals surface area contributed by atoms with E-state index in [9.17, 15) is 4.79 Å². The summed E-state index contributed by atoms with van der Waals surface area (Å²) in [5, 5.41) is 0.0555. The van der Waals surface area contributed by atoms with Gasteiger partial charge in [-0.2, -0.15) is 0 Å². The van der Waals surface area contributed by atoms with Crippen LogP contribution in [0.2, 0.25) is 5.15 Å². The molecule has 0 radical (unpaired) electrons. The molecule has 1 rings (SSSR count). The molecule has 0 bridgehead atoms. The van der Waals surface area contributed by atoms with Crippen LogP contribution in [0.15, 0.2) is 4.79 Å². The molecule has 66 valence electrons. The Hall–Kier alpha value is -0.830. The Morgan fingerprint density at radius 3 is 2.58 bits per heavy atom. The van der Waals surface area contributed by atoms with Crippen LogP contribution in [0.25, 0.3) is 0 Å². The van der Waals surface area contributed by atoms with Gasteiger partial charge < -0.3 is 4.57 Å². The zero-order valence-corrected chi connectivity index (χ0v) is 8.14. The fraction of sp³-hybridized carbons (Fsp3) is 0.500. The molecule has 0 saturated heterocycles. The van der Waals surface area contributed by atoms with Crippen LogP contribution in [0.5, 0.6) is 0 Å². The highest BCUT2D eigenvalue weighted by molar-refractivity contribution is 6.29. The van der Waals surface area contributed by atoms with Crippen LogP contribution >= 0.6 is 11.6 Å². The summed E-state index contributed by atoms with van der Waals surface area (Å²) in [6.45, 7) is 6.24. The van der Waals surface area contributed by atoms with Crippen LogP contribution in [0.3, 0.4) is 0 Å². The van der Waals surface area contributed by atoms with Gasteiger partial charge in [0.15, 0.2) is 5.15 Å². The van der Waals surface area contributed by atoms with E-state index < -0.39 is 0 Å². The Labute approximate surface area is 76.0 Å². The second kappa shape index (κ2) is 3.27. The lowest BCUT2D eigenvalue weighted by atomic mass is 10.3. The van der Waals surface area contributed by atoms with Crippen molar-refractivity contribution in [1.82, 2.24) is 9.55 Å². The molecule has 0 aromatic carbocycles. The molecular formula is C8H11ClN2O. The van der Waals surface area contributed by atoms with E-state index in [-0.39, 0.29) is 10.7 Å². The molecule has 3 nitrogen and oxygen atoms in total. The smallest absolute Gasteiger partial charge is 0.288 e. The first kappa shape index (κ1) is 9.26. The van der Waals surface area contributed by atoms with Crippen LogP contribution in [-0.4, -0.2) is 9.55 Å². The minimum Gasteiger partial charge on any atom is -0.309 e. The predicted molar refractivity (Wildman–Crippen MR) is 48.7 cm³/mol. The first-order chi connectivity index (χ1) is 5.57. The summed E-state index contributed by atoms with van der Waals surface area (Å²) >= 11 is 5.63. The maximum absolute atomic E-state index is 11.3. The molecule has 1 aromatic rings. The van der Waals surface area contributed by atoms with E-state index in [0.717, 1.165) is 11.4 Å². The molecule has 0 saturated carbocycles. The van der Waals surface area contributed by atoms with Crippen molar-refractivity contribution in [1.29, 1.82) is 0 Å². The van der Waals surface area contributed by atoms with Gasteiger partial charge in [0, 0.05) is 12.2 Å². The standard InChI is InChI=1S/C8H11ClN2O/c1-4-11-6(3)5(2)10-7(9)8(11)12/h4H2,1-3H3. The summed E-state index contributed by atoms with van der Waals surface area (Å²) in [4.78, 5) is 15.3. The second-order valence-electron chi connectivity index (χ2n) is 2.62. The SMILES string of the molecule is CCn1c(C)c(C)nc(Cl)c1=O. The minimum absolute atomic E-state index is 0.0555. The Balaban J connectivity index is 3.53. The van der Waals surface area contributed by atoms with Gasteiger partial charge in [-0.3, -0.25) is 4.79 Å². The average Bonchev–Trinajstić information content (AvgIpc) is 2.02. The maximum atomic E-state index is 11.3. The van der Waals surface area contributed by atoms with Crippen LogP contribution < -0.4 is 5.56 Å². The largest absolute Gasteiger partial charge is 0.309 e. The number of aromatic nitrogens is 2. The Morgan fingerprint density at radius 1 is 1.50 bits per heavy atom. The third-order valence-corrected chi connectivity index (χ3v) is 2.18. The van der Waals surface area contributed by atoms with Gasteiger partial charge in [0.05, 0.1) is 5.69 Å². The maximum Gasteiger partial charge on any atom is 0.288 e. The summed E-state index contributed by atoms with van der Waals surface area (Å²) in [7, 11) is 0. The van der Waals surface area contributed by atoms with E-state index in [1.54, 1.807) is 4.57 Å². The Morgan fingerprint density at radius 2 is 2.08 bits per heavy atom. The molecule has 0 spiro atoms. The van der Waals surface area contributed by atoms with Gasteiger partial charge in [-0.05, 0) is 20.8 Å². The van der Waals surface area contributed by atoms with Crippen molar-refractivity contribution in [2.24, 2.45) is 0 Å². The fourth-order valence-electron chi connectivity index (χ4n) is 1.12. The molecule has 4 heteroatoms. The zero-order valence-electron chi connectivity index (χ0n) is 7.39. The molecule has 0 amide bonds. The van der Waals surface area contributed by atoms with Gasteiger partial charge in [0.2, 0.25) is 0 Å². The lowest BCUT2D eigenvalue weighted by Crippen LogP contribution is -2.24. The number of nitrogens with zero attached hydrogens (tertiary/aromatic N) is 2. The lowest BCUT2D eigenvalue weighted by Gasteiger charge is -2.08. The number of hydrogen-bond acceptors (Lipinski definition) is 2. The van der Waals surface area contributed by atoms with Gasteiger partial charge >= 0.3 is 0 Å². The van der Waals surface area contributed by atoms with Crippen LogP contribution in [0, 0.1) is 13.8 Å². The van der Waals surface area contributed by atoms with E-state index in [2.05, 4.69) is 4.98 Å². The highest BCUT2D eigenvalue weighted by atomic mass is 35.5. The van der Waals surface area contributed by atoms with Crippen molar-refractivity contribution in [2.45, 2.75) is 27.3 Å². The molecule has 0 fully saturated rings. The molecule has 0 aliphatic carbocycles. The average molecular weight is 187 g/mol. The third kappa shape index (κ3) is 1.37. The summed E-state index contributed by atoms with van der Waals surface area (Å²) in [5.41, 5.74) is 1.48. The highest BCUT2D eigenvalue weighted by Crippen LogP contribution is 2.04. The quantitative estimate of drug-likeness (QED) is 0.667. The van der Waals surface area contributed by atoms with Crippen LogP contribution in [0.4, 0.5) is 0 Å². The topological polar surface area (TPSA) is 34.9 Å². The Kier molecular flexibility index (Phi) is 2.52. The molecule has 0 aliphatic heterocycles. The molecule has 12 heavy (non-hydrogen) atoms. The predicted octanol–water partition coefficient (Wildman–Crippen LogP) is 1.53. The molecule has 0 unspecified atom stereocenters. The molecule has 0 N–H and O–H groups in total. The normalized spacial score (nSPS) is 10.3. The highest BCUT2D eigenvalue weighted by Gasteiger charge is 2.06. The minimum atomic E-state index is -0.206. The first-order valence-corrected chi connectivity index (χ1v) is 4.19. The molecule has 0 aliphatic rings.